The van der Waals surface area contributed by atoms with Gasteiger partial charge in [0.05, 0.1) is 5.69 Å². The molecule has 0 bridgehead atoms. The van der Waals surface area contributed by atoms with Gasteiger partial charge >= 0.3 is 0 Å². The Morgan fingerprint density at radius 3 is 2.58 bits per heavy atom. The first-order valence-electron chi connectivity index (χ1n) is 6.58. The second-order valence-electron chi connectivity index (χ2n) is 5.04. The Hall–Kier alpha value is -1.14. The number of aromatic nitrogens is 1. The molecule has 19 heavy (non-hydrogen) atoms. The quantitative estimate of drug-likeness (QED) is 0.806. The minimum atomic E-state index is -3.58. The lowest BCUT2D eigenvalue weighted by molar-refractivity contribution is 0.481. The van der Waals surface area contributed by atoms with Crippen LogP contribution < -0.4 is 10.0 Å². The highest BCUT2D eigenvalue weighted by molar-refractivity contribution is 7.89. The van der Waals surface area contributed by atoms with Gasteiger partial charge in [0.1, 0.15) is 0 Å². The van der Waals surface area contributed by atoms with E-state index in [4.69, 9.17) is 0 Å². The van der Waals surface area contributed by atoms with Crippen molar-refractivity contribution in [1.82, 2.24) is 9.71 Å². The molecule has 6 heteroatoms. The first-order valence-corrected chi connectivity index (χ1v) is 8.06. The molecule has 1 atom stereocenters. The van der Waals surface area contributed by atoms with E-state index in [0.29, 0.717) is 18.2 Å². The Balaban J connectivity index is 2.94. The van der Waals surface area contributed by atoms with Crippen LogP contribution in [0.1, 0.15) is 34.1 Å². The van der Waals surface area contributed by atoms with Crippen molar-refractivity contribution in [2.24, 2.45) is 5.92 Å². The molecule has 1 rings (SSSR count). The van der Waals surface area contributed by atoms with Crippen molar-refractivity contribution in [2.75, 3.05) is 11.9 Å². The van der Waals surface area contributed by atoms with E-state index in [-0.39, 0.29) is 11.1 Å². The summed E-state index contributed by atoms with van der Waals surface area (Å²) in [6.45, 7) is 8.56. The number of nitrogens with one attached hydrogen (secondary N) is 2. The Morgan fingerprint density at radius 2 is 2.00 bits per heavy atom. The molecule has 1 heterocycles. The molecule has 5 nitrogen and oxygen atoms in total. The van der Waals surface area contributed by atoms with Gasteiger partial charge in [-0.25, -0.2) is 18.1 Å². The van der Waals surface area contributed by atoms with Crippen molar-refractivity contribution in [3.63, 3.8) is 0 Å². The highest BCUT2D eigenvalue weighted by Gasteiger charge is 2.22. The summed E-state index contributed by atoms with van der Waals surface area (Å²) >= 11 is 0. The molecule has 0 aromatic carbocycles. The van der Waals surface area contributed by atoms with Gasteiger partial charge in [0.15, 0.2) is 5.03 Å². The highest BCUT2D eigenvalue weighted by Crippen LogP contribution is 2.18. The van der Waals surface area contributed by atoms with E-state index in [2.05, 4.69) is 28.9 Å². The van der Waals surface area contributed by atoms with Crippen LogP contribution in [-0.4, -0.2) is 26.0 Å². The van der Waals surface area contributed by atoms with Gasteiger partial charge in [-0.1, -0.05) is 13.8 Å². The van der Waals surface area contributed by atoms with Crippen molar-refractivity contribution in [3.05, 3.63) is 18.3 Å². The molecule has 0 aliphatic rings. The summed E-state index contributed by atoms with van der Waals surface area (Å²) in [5, 5.41) is 3.08. The minimum absolute atomic E-state index is 0.0625. The lowest BCUT2D eigenvalue weighted by Gasteiger charge is -2.17. The first-order chi connectivity index (χ1) is 8.86. The van der Waals surface area contributed by atoms with E-state index in [1.807, 2.05) is 13.8 Å². The molecule has 0 radical (unpaired) electrons. The van der Waals surface area contributed by atoms with Crippen LogP contribution >= 0.6 is 0 Å². The number of anilines is 1. The number of hydrogen-bond acceptors (Lipinski definition) is 4. The van der Waals surface area contributed by atoms with Crippen LogP contribution in [0.15, 0.2) is 23.4 Å². The highest BCUT2D eigenvalue weighted by atomic mass is 32.2. The molecule has 0 amide bonds. The zero-order valence-electron chi connectivity index (χ0n) is 12.0. The molecule has 1 aromatic rings. The summed E-state index contributed by atoms with van der Waals surface area (Å²) in [7, 11) is -3.58. The van der Waals surface area contributed by atoms with Gasteiger partial charge in [0.2, 0.25) is 0 Å². The SMILES string of the molecule is CCNc1cccnc1S(=O)(=O)NC(C)CC(C)C. The lowest BCUT2D eigenvalue weighted by Crippen LogP contribution is -2.34. The molecule has 108 valence electrons. The fourth-order valence-corrected chi connectivity index (χ4v) is 3.37. The molecule has 0 aliphatic heterocycles. The van der Waals surface area contributed by atoms with E-state index in [1.54, 1.807) is 12.1 Å². The third kappa shape index (κ3) is 4.80. The van der Waals surface area contributed by atoms with Crippen molar-refractivity contribution in [1.29, 1.82) is 0 Å². The Morgan fingerprint density at radius 1 is 1.32 bits per heavy atom. The van der Waals surface area contributed by atoms with E-state index < -0.39 is 10.0 Å². The third-order valence-electron chi connectivity index (χ3n) is 2.57. The average molecular weight is 285 g/mol. The van der Waals surface area contributed by atoms with Gasteiger partial charge < -0.3 is 5.32 Å². The summed E-state index contributed by atoms with van der Waals surface area (Å²) in [6.07, 6.45) is 2.28. The van der Waals surface area contributed by atoms with E-state index in [9.17, 15) is 8.42 Å². The summed E-state index contributed by atoms with van der Waals surface area (Å²) < 4.78 is 27.3. The van der Waals surface area contributed by atoms with Crippen LogP contribution in [0, 0.1) is 5.92 Å². The van der Waals surface area contributed by atoms with Gasteiger partial charge in [-0.3, -0.25) is 0 Å². The standard InChI is InChI=1S/C13H23N3O2S/c1-5-14-12-7-6-8-15-13(12)19(17,18)16-11(4)9-10(2)3/h6-8,10-11,14,16H,5,9H2,1-4H3. The Bertz CT molecular complexity index is 500. The predicted octanol–water partition coefficient (Wildman–Crippen LogP) is 2.23. The van der Waals surface area contributed by atoms with Crippen LogP contribution in [0.25, 0.3) is 0 Å². The summed E-state index contributed by atoms with van der Waals surface area (Å²) in [5.41, 5.74) is 0.536. The molecular weight excluding hydrogens is 262 g/mol. The van der Waals surface area contributed by atoms with Gasteiger partial charge in [0, 0.05) is 18.8 Å². The molecule has 0 spiro atoms. The predicted molar refractivity (Wildman–Crippen MR) is 77.6 cm³/mol. The largest absolute Gasteiger partial charge is 0.383 e. The van der Waals surface area contributed by atoms with Gasteiger partial charge in [0.25, 0.3) is 10.0 Å². The minimum Gasteiger partial charge on any atom is -0.383 e. The molecule has 0 saturated heterocycles. The topological polar surface area (TPSA) is 71.1 Å². The van der Waals surface area contributed by atoms with Crippen LogP contribution in [-0.2, 0) is 10.0 Å². The smallest absolute Gasteiger partial charge is 0.260 e. The van der Waals surface area contributed by atoms with Gasteiger partial charge in [-0.05, 0) is 38.3 Å². The molecule has 2 N–H and O–H groups in total. The van der Waals surface area contributed by atoms with Crippen LogP contribution in [0.3, 0.4) is 0 Å². The van der Waals surface area contributed by atoms with E-state index in [0.717, 1.165) is 6.42 Å². The maximum Gasteiger partial charge on any atom is 0.260 e. The Labute approximate surface area is 115 Å². The zero-order chi connectivity index (χ0) is 14.5. The number of pyridine rings is 1. The van der Waals surface area contributed by atoms with Crippen LogP contribution in [0.2, 0.25) is 0 Å². The van der Waals surface area contributed by atoms with Crippen molar-refractivity contribution < 1.29 is 8.42 Å². The van der Waals surface area contributed by atoms with Crippen molar-refractivity contribution in [2.45, 2.75) is 45.2 Å². The van der Waals surface area contributed by atoms with Crippen molar-refractivity contribution in [3.8, 4) is 0 Å². The van der Waals surface area contributed by atoms with Crippen LogP contribution in [0.5, 0.6) is 0 Å². The third-order valence-corrected chi connectivity index (χ3v) is 4.12. The zero-order valence-corrected chi connectivity index (χ0v) is 12.8. The second kappa shape index (κ2) is 6.86. The fraction of sp³-hybridized carbons (Fsp3) is 0.615. The maximum atomic E-state index is 12.3. The van der Waals surface area contributed by atoms with Crippen LogP contribution in [0.4, 0.5) is 5.69 Å². The number of hydrogen-bond donors (Lipinski definition) is 2. The lowest BCUT2D eigenvalue weighted by atomic mass is 10.1. The maximum absolute atomic E-state index is 12.3. The molecule has 0 fully saturated rings. The molecule has 0 aliphatic carbocycles. The summed E-state index contributed by atoms with van der Waals surface area (Å²) in [5.74, 6) is 0.440. The summed E-state index contributed by atoms with van der Waals surface area (Å²) in [4.78, 5) is 3.99. The normalized spacial score (nSPS) is 13.5. The number of sulfonamides is 1. The molecule has 1 unspecified atom stereocenters. The fourth-order valence-electron chi connectivity index (χ4n) is 2.01. The first kappa shape index (κ1) is 15.9. The molecule has 0 saturated carbocycles. The van der Waals surface area contributed by atoms with Gasteiger partial charge in [-0.2, -0.15) is 0 Å². The molecular formula is C13H23N3O2S. The van der Waals surface area contributed by atoms with E-state index >= 15 is 0 Å². The van der Waals surface area contributed by atoms with Gasteiger partial charge in [-0.15, -0.1) is 0 Å². The summed E-state index contributed by atoms with van der Waals surface area (Å²) in [6, 6.07) is 3.33. The monoisotopic (exact) mass is 285 g/mol. The van der Waals surface area contributed by atoms with Crippen molar-refractivity contribution >= 4 is 15.7 Å². The number of nitrogens with zero attached hydrogens (tertiary/aromatic N) is 1. The van der Waals surface area contributed by atoms with E-state index in [1.165, 1.54) is 6.20 Å². The second-order valence-corrected chi connectivity index (χ2v) is 6.67. The number of rotatable bonds is 7. The average Bonchev–Trinajstić information content (AvgIpc) is 2.27. The molecule has 1 aromatic heterocycles. The Kier molecular flexibility index (Phi) is 5.75.